The summed E-state index contributed by atoms with van der Waals surface area (Å²) in [6, 6.07) is 10.2. The molecule has 0 aromatic heterocycles. The van der Waals surface area contributed by atoms with E-state index in [4.69, 9.17) is 0 Å². The average Bonchev–Trinajstić information content (AvgIpc) is 3.01. The van der Waals surface area contributed by atoms with Crippen LogP contribution in [0.1, 0.15) is 43.6 Å². The van der Waals surface area contributed by atoms with E-state index < -0.39 is 0 Å². The Morgan fingerprint density at radius 2 is 2.04 bits per heavy atom. The van der Waals surface area contributed by atoms with Gasteiger partial charge in [-0.15, -0.1) is 0 Å². The van der Waals surface area contributed by atoms with Crippen LogP contribution in [0.25, 0.3) is 0 Å². The van der Waals surface area contributed by atoms with Gasteiger partial charge < -0.3 is 9.53 Å². The summed E-state index contributed by atoms with van der Waals surface area (Å²) in [5.74, 6) is 0.0946. The second kappa shape index (κ2) is 9.09. The number of allylic oxidation sites excluding steroid dienone is 4. The van der Waals surface area contributed by atoms with E-state index in [1.807, 2.05) is 18.2 Å². The van der Waals surface area contributed by atoms with Crippen LogP contribution in [-0.2, 0) is 14.3 Å². The van der Waals surface area contributed by atoms with Crippen molar-refractivity contribution < 1.29 is 14.3 Å². The molecule has 122 valence electrons. The first-order valence-electron chi connectivity index (χ1n) is 8.17. The Hall–Kier alpha value is -2.16. The first-order chi connectivity index (χ1) is 11.3. The van der Waals surface area contributed by atoms with Gasteiger partial charge in [-0.25, -0.2) is 0 Å². The lowest BCUT2D eigenvalue weighted by Crippen LogP contribution is -2.11. The maximum absolute atomic E-state index is 11.5. The number of methoxy groups -OCH3 is 1. The molecule has 1 unspecified atom stereocenters. The number of hydrogen-bond donors (Lipinski definition) is 0. The van der Waals surface area contributed by atoms with E-state index in [0.29, 0.717) is 6.42 Å². The highest BCUT2D eigenvalue weighted by Crippen LogP contribution is 2.39. The molecule has 0 saturated carbocycles. The second-order valence-electron chi connectivity index (χ2n) is 5.84. The van der Waals surface area contributed by atoms with E-state index in [2.05, 4.69) is 35.1 Å². The lowest BCUT2D eigenvalue weighted by Gasteiger charge is -2.17. The van der Waals surface area contributed by atoms with Gasteiger partial charge in [-0.2, -0.15) is 0 Å². The predicted octanol–water partition coefficient (Wildman–Crippen LogP) is 4.21. The maximum atomic E-state index is 11.5. The Bertz CT molecular complexity index is 572. The molecule has 0 radical (unpaired) electrons. The third-order valence-electron chi connectivity index (χ3n) is 4.37. The minimum atomic E-state index is -0.163. The summed E-state index contributed by atoms with van der Waals surface area (Å²) in [6.45, 7) is 0. The van der Waals surface area contributed by atoms with Crippen molar-refractivity contribution >= 4 is 12.3 Å². The Morgan fingerprint density at radius 1 is 1.26 bits per heavy atom. The lowest BCUT2D eigenvalue weighted by atomic mass is 9.85. The number of carbonyl (C=O) groups excluding carboxylic acids is 2. The molecule has 0 fully saturated rings. The molecule has 0 amide bonds. The van der Waals surface area contributed by atoms with Crippen molar-refractivity contribution in [3.8, 4) is 0 Å². The summed E-state index contributed by atoms with van der Waals surface area (Å²) >= 11 is 0. The van der Waals surface area contributed by atoms with Gasteiger partial charge in [0.15, 0.2) is 0 Å². The number of carbonyl (C=O) groups is 2. The molecule has 3 heteroatoms. The molecule has 0 saturated heterocycles. The molecule has 0 bridgehead atoms. The molecule has 1 aromatic rings. The van der Waals surface area contributed by atoms with Crippen LogP contribution >= 0.6 is 0 Å². The molecule has 2 atom stereocenters. The van der Waals surface area contributed by atoms with E-state index in [-0.39, 0.29) is 17.8 Å². The zero-order chi connectivity index (χ0) is 16.5. The van der Waals surface area contributed by atoms with Crippen LogP contribution in [0.4, 0.5) is 0 Å². The Labute approximate surface area is 138 Å². The van der Waals surface area contributed by atoms with Crippen LogP contribution in [0.2, 0.25) is 0 Å². The highest BCUT2D eigenvalue weighted by molar-refractivity contribution is 5.69. The minimum Gasteiger partial charge on any atom is -0.469 e. The third-order valence-corrected chi connectivity index (χ3v) is 4.37. The maximum Gasteiger partial charge on any atom is 0.305 e. The van der Waals surface area contributed by atoms with Gasteiger partial charge >= 0.3 is 5.97 Å². The van der Waals surface area contributed by atoms with E-state index >= 15 is 0 Å². The Balaban J connectivity index is 1.82. The number of rotatable bonds is 8. The molecular weight excluding hydrogens is 288 g/mol. The van der Waals surface area contributed by atoms with E-state index in [1.54, 1.807) is 0 Å². The summed E-state index contributed by atoms with van der Waals surface area (Å²) in [5.41, 5.74) is 2.44. The van der Waals surface area contributed by atoms with Crippen molar-refractivity contribution in [2.45, 2.75) is 38.0 Å². The van der Waals surface area contributed by atoms with Crippen LogP contribution in [-0.4, -0.2) is 19.4 Å². The van der Waals surface area contributed by atoms with E-state index in [0.717, 1.165) is 32.0 Å². The van der Waals surface area contributed by atoms with Crippen molar-refractivity contribution in [2.24, 2.45) is 5.92 Å². The molecule has 1 aliphatic rings. The molecule has 2 rings (SSSR count). The average molecular weight is 312 g/mol. The summed E-state index contributed by atoms with van der Waals surface area (Å²) in [5, 5.41) is 0. The van der Waals surface area contributed by atoms with E-state index in [9.17, 15) is 9.59 Å². The topological polar surface area (TPSA) is 43.4 Å². The highest BCUT2D eigenvalue weighted by Gasteiger charge is 2.29. The van der Waals surface area contributed by atoms with Crippen LogP contribution in [0, 0.1) is 5.92 Å². The molecule has 23 heavy (non-hydrogen) atoms. The molecule has 0 heterocycles. The Morgan fingerprint density at radius 3 is 2.74 bits per heavy atom. The molecule has 1 aromatic carbocycles. The fourth-order valence-electron chi connectivity index (χ4n) is 3.07. The minimum absolute atomic E-state index is 0.0166. The second-order valence-corrected chi connectivity index (χ2v) is 5.84. The number of ether oxygens (including phenoxy) is 1. The van der Waals surface area contributed by atoms with Gasteiger partial charge in [0.1, 0.15) is 6.29 Å². The smallest absolute Gasteiger partial charge is 0.305 e. The molecule has 1 aliphatic carbocycles. The number of aldehydes is 1. The SMILES string of the molecule is COC(=O)CCC/C=C\CC1=CCC(c2ccccc2)[C@H]1C=O. The molecule has 0 spiro atoms. The van der Waals surface area contributed by atoms with Crippen molar-refractivity contribution in [1.82, 2.24) is 0 Å². The van der Waals surface area contributed by atoms with E-state index in [1.165, 1.54) is 18.2 Å². The normalized spacial score (nSPS) is 20.5. The predicted molar refractivity (Wildman–Crippen MR) is 91.1 cm³/mol. The summed E-state index contributed by atoms with van der Waals surface area (Å²) in [6.07, 6.45) is 11.3. The summed E-state index contributed by atoms with van der Waals surface area (Å²) < 4.78 is 4.61. The van der Waals surface area contributed by atoms with Gasteiger partial charge in [-0.3, -0.25) is 4.79 Å². The fraction of sp³-hybridized carbons (Fsp3) is 0.400. The molecule has 3 nitrogen and oxygen atoms in total. The van der Waals surface area contributed by atoms with Crippen molar-refractivity contribution in [1.29, 1.82) is 0 Å². The van der Waals surface area contributed by atoms with Gasteiger partial charge in [0.25, 0.3) is 0 Å². The largest absolute Gasteiger partial charge is 0.469 e. The molecule has 0 aliphatic heterocycles. The monoisotopic (exact) mass is 312 g/mol. The van der Waals surface area contributed by atoms with Crippen molar-refractivity contribution in [3.05, 3.63) is 59.7 Å². The van der Waals surface area contributed by atoms with Gasteiger partial charge in [-0.1, -0.05) is 54.1 Å². The summed E-state index contributed by atoms with van der Waals surface area (Å²) in [4.78, 5) is 22.5. The zero-order valence-corrected chi connectivity index (χ0v) is 13.6. The van der Waals surface area contributed by atoms with Crippen molar-refractivity contribution in [3.63, 3.8) is 0 Å². The van der Waals surface area contributed by atoms with Gasteiger partial charge in [0, 0.05) is 18.3 Å². The first kappa shape index (κ1) is 17.2. The summed E-state index contributed by atoms with van der Waals surface area (Å²) in [7, 11) is 1.41. The third kappa shape index (κ3) is 4.92. The zero-order valence-electron chi connectivity index (χ0n) is 13.6. The van der Waals surface area contributed by atoms with Crippen LogP contribution < -0.4 is 0 Å². The van der Waals surface area contributed by atoms with Crippen molar-refractivity contribution in [2.75, 3.05) is 7.11 Å². The number of unbranched alkanes of at least 4 members (excludes halogenated alkanes) is 1. The van der Waals surface area contributed by atoms with Gasteiger partial charge in [0.05, 0.1) is 7.11 Å². The fourth-order valence-corrected chi connectivity index (χ4v) is 3.07. The molecule has 0 N–H and O–H groups in total. The number of hydrogen-bond acceptors (Lipinski definition) is 3. The van der Waals surface area contributed by atoms with Gasteiger partial charge in [0.2, 0.25) is 0 Å². The van der Waals surface area contributed by atoms with Gasteiger partial charge in [-0.05, 0) is 31.2 Å². The van der Waals surface area contributed by atoms with Crippen LogP contribution in [0.15, 0.2) is 54.1 Å². The quantitative estimate of drug-likeness (QED) is 0.313. The number of esters is 1. The highest BCUT2D eigenvalue weighted by atomic mass is 16.5. The lowest BCUT2D eigenvalue weighted by molar-refractivity contribution is -0.140. The molecular formula is C20H24O3. The standard InChI is InChI=1S/C20H24O3/c1-23-20(22)12-8-3-2-5-11-17-13-14-18(19(17)15-21)16-9-6-4-7-10-16/h2,4-7,9-10,13,15,18-19H,3,8,11-12,14H2,1H3/b5-2-/t18?,19-/m0/s1. The Kier molecular flexibility index (Phi) is 6.79. The van der Waals surface area contributed by atoms with Crippen LogP contribution in [0.3, 0.4) is 0 Å². The van der Waals surface area contributed by atoms with Crippen LogP contribution in [0.5, 0.6) is 0 Å². The number of benzene rings is 1. The first-order valence-corrected chi connectivity index (χ1v) is 8.17.